The maximum Gasteiger partial charge on any atom is 0.0387 e. The molecule has 0 aliphatic rings. The molecule has 0 saturated heterocycles. The van der Waals surface area contributed by atoms with Gasteiger partial charge in [0.1, 0.15) is 0 Å². The first-order chi connectivity index (χ1) is 6.41. The molecule has 0 spiro atoms. The van der Waals surface area contributed by atoms with E-state index in [2.05, 4.69) is 39.1 Å². The molecule has 0 saturated carbocycles. The molecule has 0 radical (unpaired) electrons. The lowest BCUT2D eigenvalue weighted by molar-refractivity contribution is 0.374. The first kappa shape index (κ1) is 12.1. The lowest BCUT2D eigenvalue weighted by Crippen LogP contribution is -2.21. The maximum atomic E-state index is 6.33. The van der Waals surface area contributed by atoms with Gasteiger partial charge in [0.05, 0.1) is 0 Å². The van der Waals surface area contributed by atoms with Crippen LogP contribution in [0.2, 0.25) is 0 Å². The van der Waals surface area contributed by atoms with Gasteiger partial charge in [-0.3, -0.25) is 0 Å². The van der Waals surface area contributed by atoms with Crippen molar-refractivity contribution < 1.29 is 0 Å². The van der Waals surface area contributed by atoms with E-state index in [1.165, 1.54) is 10.4 Å². The average molecular weight is 231 g/mol. The number of alkyl halides is 1. The van der Waals surface area contributed by atoms with Crippen LogP contribution in [-0.2, 0) is 6.42 Å². The molecule has 0 aliphatic heterocycles. The van der Waals surface area contributed by atoms with Crippen LogP contribution in [0.5, 0.6) is 0 Å². The highest BCUT2D eigenvalue weighted by Crippen LogP contribution is 2.29. The molecule has 0 bridgehead atoms. The van der Waals surface area contributed by atoms with E-state index in [1.807, 2.05) is 11.3 Å². The van der Waals surface area contributed by atoms with Crippen LogP contribution in [0, 0.1) is 12.3 Å². The van der Waals surface area contributed by atoms with E-state index in [1.54, 1.807) is 0 Å². The molecule has 0 aliphatic carbocycles. The number of hydrogen-bond donors (Lipinski definition) is 0. The highest BCUT2D eigenvalue weighted by Gasteiger charge is 2.21. The van der Waals surface area contributed by atoms with Crippen LogP contribution in [0.15, 0.2) is 11.4 Å². The van der Waals surface area contributed by atoms with Crippen LogP contribution in [0.4, 0.5) is 0 Å². The quantitative estimate of drug-likeness (QED) is 0.664. The zero-order valence-corrected chi connectivity index (χ0v) is 11.0. The van der Waals surface area contributed by atoms with Gasteiger partial charge in [-0.05, 0) is 42.2 Å². The predicted octanol–water partition coefficient (Wildman–Crippen LogP) is 4.64. The molecule has 0 fully saturated rings. The zero-order chi connectivity index (χ0) is 10.8. The molecule has 0 nitrogen and oxygen atoms in total. The summed E-state index contributed by atoms with van der Waals surface area (Å²) in [6.07, 6.45) is 2.20. The molecular formula is C12H19ClS. The van der Waals surface area contributed by atoms with Gasteiger partial charge in [-0.2, -0.15) is 0 Å². The Morgan fingerprint density at radius 2 is 2.07 bits per heavy atom. The van der Waals surface area contributed by atoms with E-state index in [0.717, 1.165) is 12.8 Å². The first-order valence-electron chi connectivity index (χ1n) is 5.08. The van der Waals surface area contributed by atoms with Gasteiger partial charge < -0.3 is 0 Å². The number of rotatable bonds is 3. The predicted molar refractivity (Wildman–Crippen MR) is 66.5 cm³/mol. The summed E-state index contributed by atoms with van der Waals surface area (Å²) >= 11 is 8.17. The van der Waals surface area contributed by atoms with E-state index in [9.17, 15) is 0 Å². The smallest absolute Gasteiger partial charge is 0.0387 e. The van der Waals surface area contributed by atoms with Crippen LogP contribution < -0.4 is 0 Å². The van der Waals surface area contributed by atoms with Crippen molar-refractivity contribution in [1.29, 1.82) is 0 Å². The van der Waals surface area contributed by atoms with Crippen molar-refractivity contribution in [3.8, 4) is 0 Å². The van der Waals surface area contributed by atoms with Gasteiger partial charge in [0.2, 0.25) is 0 Å². The van der Waals surface area contributed by atoms with Crippen LogP contribution in [0.1, 0.15) is 37.6 Å². The van der Waals surface area contributed by atoms with Crippen molar-refractivity contribution in [2.24, 2.45) is 5.41 Å². The highest BCUT2D eigenvalue weighted by atomic mass is 35.5. The number of halogens is 1. The fourth-order valence-corrected chi connectivity index (χ4v) is 2.39. The molecule has 14 heavy (non-hydrogen) atoms. The standard InChI is InChI=1S/C12H19ClS/c1-9-7-8-14-10(9)5-6-11(13)12(2,3)4/h7-8,11H,5-6H2,1-4H3. The third kappa shape index (κ3) is 3.29. The van der Waals surface area contributed by atoms with Gasteiger partial charge in [0, 0.05) is 10.3 Å². The Hall–Kier alpha value is -0.0100. The molecule has 0 N–H and O–H groups in total. The zero-order valence-electron chi connectivity index (χ0n) is 9.43. The molecule has 2 heteroatoms. The molecule has 1 aromatic heterocycles. The van der Waals surface area contributed by atoms with Crippen molar-refractivity contribution in [2.45, 2.75) is 45.9 Å². The molecular weight excluding hydrogens is 212 g/mol. The van der Waals surface area contributed by atoms with Crippen LogP contribution in [0.25, 0.3) is 0 Å². The Balaban J connectivity index is 2.46. The molecule has 80 valence electrons. The molecule has 0 aromatic carbocycles. The summed E-state index contributed by atoms with van der Waals surface area (Å²) in [6, 6.07) is 2.18. The molecule has 1 heterocycles. The normalized spacial score (nSPS) is 14.4. The van der Waals surface area contributed by atoms with Crippen molar-refractivity contribution in [3.05, 3.63) is 21.9 Å². The van der Waals surface area contributed by atoms with Gasteiger partial charge in [-0.25, -0.2) is 0 Å². The minimum Gasteiger partial charge on any atom is -0.149 e. The second-order valence-electron chi connectivity index (χ2n) is 4.90. The third-order valence-corrected chi connectivity index (χ3v) is 4.49. The fraction of sp³-hybridized carbons (Fsp3) is 0.667. The van der Waals surface area contributed by atoms with Gasteiger partial charge in [-0.15, -0.1) is 22.9 Å². The lowest BCUT2D eigenvalue weighted by atomic mass is 9.89. The van der Waals surface area contributed by atoms with E-state index in [0.29, 0.717) is 0 Å². The van der Waals surface area contributed by atoms with Gasteiger partial charge in [0.15, 0.2) is 0 Å². The van der Waals surface area contributed by atoms with E-state index in [-0.39, 0.29) is 10.8 Å². The summed E-state index contributed by atoms with van der Waals surface area (Å²) in [4.78, 5) is 1.49. The van der Waals surface area contributed by atoms with Crippen LogP contribution in [-0.4, -0.2) is 5.38 Å². The van der Waals surface area contributed by atoms with Gasteiger partial charge >= 0.3 is 0 Å². The first-order valence-corrected chi connectivity index (χ1v) is 6.40. The Bertz CT molecular complexity index is 283. The van der Waals surface area contributed by atoms with Crippen molar-refractivity contribution in [1.82, 2.24) is 0 Å². The molecule has 0 amide bonds. The Kier molecular flexibility index (Phi) is 4.03. The minimum absolute atomic E-state index is 0.215. The van der Waals surface area contributed by atoms with Crippen molar-refractivity contribution in [2.75, 3.05) is 0 Å². The van der Waals surface area contributed by atoms with Crippen LogP contribution >= 0.6 is 22.9 Å². The minimum atomic E-state index is 0.215. The van der Waals surface area contributed by atoms with E-state index >= 15 is 0 Å². The Morgan fingerprint density at radius 3 is 2.50 bits per heavy atom. The molecule has 1 atom stereocenters. The van der Waals surface area contributed by atoms with Gasteiger partial charge in [-0.1, -0.05) is 20.8 Å². The summed E-state index contributed by atoms with van der Waals surface area (Å²) in [5.74, 6) is 0. The summed E-state index contributed by atoms with van der Waals surface area (Å²) < 4.78 is 0. The van der Waals surface area contributed by atoms with Crippen LogP contribution in [0.3, 0.4) is 0 Å². The number of hydrogen-bond acceptors (Lipinski definition) is 1. The third-order valence-electron chi connectivity index (χ3n) is 2.53. The summed E-state index contributed by atoms with van der Waals surface area (Å²) in [5.41, 5.74) is 1.62. The number of thiophene rings is 1. The second kappa shape index (κ2) is 4.67. The summed E-state index contributed by atoms with van der Waals surface area (Å²) in [6.45, 7) is 8.77. The molecule has 1 unspecified atom stereocenters. The highest BCUT2D eigenvalue weighted by molar-refractivity contribution is 7.10. The van der Waals surface area contributed by atoms with Crippen molar-refractivity contribution in [3.63, 3.8) is 0 Å². The molecule has 1 aromatic rings. The Morgan fingerprint density at radius 1 is 1.43 bits per heavy atom. The maximum absolute atomic E-state index is 6.33. The topological polar surface area (TPSA) is 0 Å². The lowest BCUT2D eigenvalue weighted by Gasteiger charge is -2.24. The largest absolute Gasteiger partial charge is 0.149 e. The Labute approximate surface area is 96.3 Å². The SMILES string of the molecule is Cc1ccsc1CCC(Cl)C(C)(C)C. The summed E-state index contributed by atoms with van der Waals surface area (Å²) in [7, 11) is 0. The van der Waals surface area contributed by atoms with E-state index < -0.39 is 0 Å². The monoisotopic (exact) mass is 230 g/mol. The number of aryl methyl sites for hydroxylation is 2. The van der Waals surface area contributed by atoms with Crippen molar-refractivity contribution >= 4 is 22.9 Å². The average Bonchev–Trinajstić information content (AvgIpc) is 2.45. The van der Waals surface area contributed by atoms with E-state index in [4.69, 9.17) is 11.6 Å². The second-order valence-corrected chi connectivity index (χ2v) is 6.43. The fourth-order valence-electron chi connectivity index (χ4n) is 1.35. The molecule has 1 rings (SSSR count). The summed E-state index contributed by atoms with van der Waals surface area (Å²) in [5, 5.41) is 2.43. The van der Waals surface area contributed by atoms with Gasteiger partial charge in [0.25, 0.3) is 0 Å².